The van der Waals surface area contributed by atoms with Crippen LogP contribution in [0.25, 0.3) is 0 Å². The number of imidazole rings is 1. The summed E-state index contributed by atoms with van der Waals surface area (Å²) in [6.07, 6.45) is 3.93. The minimum Gasteiger partial charge on any atom is -0.329 e. The van der Waals surface area contributed by atoms with E-state index in [4.69, 9.17) is 0 Å². The van der Waals surface area contributed by atoms with Crippen molar-refractivity contribution in [3.05, 3.63) is 36.4 Å². The number of halogens is 2. The van der Waals surface area contributed by atoms with Crippen molar-refractivity contribution in [2.75, 3.05) is 23.4 Å². The maximum atomic E-state index is 13.6. The van der Waals surface area contributed by atoms with E-state index in [1.54, 1.807) is 12.3 Å². The van der Waals surface area contributed by atoms with Crippen LogP contribution >= 0.6 is 35.9 Å². The van der Waals surface area contributed by atoms with E-state index in [2.05, 4.69) is 15.6 Å². The van der Waals surface area contributed by atoms with E-state index in [1.807, 2.05) is 29.6 Å². The number of nitrogens with one attached hydrogen (secondary N) is 2. The number of hydrogen-bond acceptors (Lipinski definition) is 5. The van der Waals surface area contributed by atoms with Crippen molar-refractivity contribution in [2.45, 2.75) is 22.5 Å². The highest BCUT2D eigenvalue weighted by Gasteiger charge is 2.18. The molecule has 25 heavy (non-hydrogen) atoms. The van der Waals surface area contributed by atoms with Crippen LogP contribution in [0.3, 0.4) is 0 Å². The molecule has 1 aliphatic rings. The Balaban J connectivity index is 0.00000225. The molecule has 3 rings (SSSR count). The first kappa shape index (κ1) is 20.1. The maximum Gasteiger partial charge on any atom is 0.226 e. The van der Waals surface area contributed by atoms with E-state index in [-0.39, 0.29) is 30.2 Å². The summed E-state index contributed by atoms with van der Waals surface area (Å²) >= 11 is 3.24. The molecule has 9 heteroatoms. The highest BCUT2D eigenvalue weighted by atomic mass is 35.5. The number of anilines is 1. The summed E-state index contributed by atoms with van der Waals surface area (Å²) in [6.45, 7) is 0.919. The zero-order chi connectivity index (χ0) is 16.9. The van der Waals surface area contributed by atoms with Crippen LogP contribution in [0.4, 0.5) is 10.1 Å². The van der Waals surface area contributed by atoms with E-state index in [0.29, 0.717) is 12.1 Å². The summed E-state index contributed by atoms with van der Waals surface area (Å²) in [5.74, 6) is 1.51. The van der Waals surface area contributed by atoms with Gasteiger partial charge in [-0.3, -0.25) is 4.79 Å². The Labute approximate surface area is 161 Å². The number of carbonyl (C=O) groups is 1. The number of aryl methyl sites for hydroxylation is 1. The van der Waals surface area contributed by atoms with Gasteiger partial charge in [0, 0.05) is 54.8 Å². The molecule has 1 amide bonds. The summed E-state index contributed by atoms with van der Waals surface area (Å²) in [5.41, 5.74) is 0.483. The lowest BCUT2D eigenvalue weighted by Crippen LogP contribution is -2.39. The molecule has 1 saturated heterocycles. The fraction of sp³-hybridized carbons (Fsp3) is 0.375. The topological polar surface area (TPSA) is 59.0 Å². The quantitative estimate of drug-likeness (QED) is 0.804. The van der Waals surface area contributed by atoms with Gasteiger partial charge >= 0.3 is 0 Å². The maximum absolute atomic E-state index is 13.6. The Morgan fingerprint density at radius 3 is 3.08 bits per heavy atom. The number of thioether (sulfide) groups is 1. The lowest BCUT2D eigenvalue weighted by atomic mass is 10.2. The molecule has 2 heterocycles. The molecular weight excluding hydrogens is 383 g/mol. The monoisotopic (exact) mass is 402 g/mol. The molecule has 0 radical (unpaired) electrons. The molecule has 5 nitrogen and oxygen atoms in total. The van der Waals surface area contributed by atoms with Gasteiger partial charge < -0.3 is 15.2 Å². The van der Waals surface area contributed by atoms with Gasteiger partial charge in [0.2, 0.25) is 5.91 Å². The number of aromatic nitrogens is 2. The van der Waals surface area contributed by atoms with Gasteiger partial charge in [0.05, 0.1) is 5.69 Å². The molecule has 2 N–H and O–H groups in total. The average molecular weight is 403 g/mol. The summed E-state index contributed by atoms with van der Waals surface area (Å²) in [6, 6.07) is 4.58. The highest BCUT2D eigenvalue weighted by Crippen LogP contribution is 2.33. The van der Waals surface area contributed by atoms with E-state index < -0.39 is 0 Å². The zero-order valence-corrected chi connectivity index (χ0v) is 16.1. The van der Waals surface area contributed by atoms with Crippen LogP contribution in [0.5, 0.6) is 0 Å². The molecule has 0 saturated carbocycles. The summed E-state index contributed by atoms with van der Waals surface area (Å²) in [4.78, 5) is 17.3. The molecule has 2 aromatic rings. The zero-order valence-electron chi connectivity index (χ0n) is 13.7. The van der Waals surface area contributed by atoms with Gasteiger partial charge in [-0.15, -0.1) is 12.4 Å². The van der Waals surface area contributed by atoms with Crippen molar-refractivity contribution in [3.63, 3.8) is 0 Å². The van der Waals surface area contributed by atoms with Gasteiger partial charge in [-0.2, -0.15) is 11.8 Å². The van der Waals surface area contributed by atoms with E-state index in [9.17, 15) is 9.18 Å². The minimum atomic E-state index is -0.374. The molecule has 0 bridgehead atoms. The predicted molar refractivity (Wildman–Crippen MR) is 103 cm³/mol. The van der Waals surface area contributed by atoms with Crippen molar-refractivity contribution in [3.8, 4) is 0 Å². The first-order valence-electron chi connectivity index (χ1n) is 7.67. The average Bonchev–Trinajstić information content (AvgIpc) is 2.96. The standard InChI is InChI=1S/C16H19FN4OS2.ClH/c1-21-6-4-19-16(21)24-14-3-2-11(17)8-13(14)20-15(22)9-12-10-23-7-5-18-12;/h2-4,6,8,12,18H,5,7,9-10H2,1H3,(H,20,22);1H. The van der Waals surface area contributed by atoms with Crippen molar-refractivity contribution in [1.82, 2.24) is 14.9 Å². The third kappa shape index (κ3) is 5.64. The lowest BCUT2D eigenvalue weighted by molar-refractivity contribution is -0.116. The van der Waals surface area contributed by atoms with Crippen LogP contribution in [0.15, 0.2) is 40.6 Å². The van der Waals surface area contributed by atoms with Gasteiger partial charge in [-0.25, -0.2) is 9.37 Å². The number of amides is 1. The Kier molecular flexibility index (Phi) is 7.61. The Morgan fingerprint density at radius 1 is 1.56 bits per heavy atom. The molecule has 0 spiro atoms. The summed E-state index contributed by atoms with van der Waals surface area (Å²) in [5, 5.41) is 6.96. The first-order chi connectivity index (χ1) is 11.6. The third-order valence-electron chi connectivity index (χ3n) is 3.62. The highest BCUT2D eigenvalue weighted by molar-refractivity contribution is 7.99. The van der Waals surface area contributed by atoms with Gasteiger partial charge in [-0.05, 0) is 30.0 Å². The number of rotatable bonds is 5. The second kappa shape index (κ2) is 9.47. The fourth-order valence-electron chi connectivity index (χ4n) is 2.41. The smallest absolute Gasteiger partial charge is 0.226 e. The normalized spacial score (nSPS) is 17.0. The van der Waals surface area contributed by atoms with Gasteiger partial charge in [0.1, 0.15) is 5.82 Å². The Morgan fingerprint density at radius 2 is 2.40 bits per heavy atom. The van der Waals surface area contributed by atoms with Gasteiger partial charge in [-0.1, -0.05) is 0 Å². The molecule has 1 fully saturated rings. The largest absolute Gasteiger partial charge is 0.329 e. The Hall–Kier alpha value is -1.22. The van der Waals surface area contributed by atoms with Crippen LogP contribution in [0, 0.1) is 5.82 Å². The SMILES string of the molecule is Cl.Cn1ccnc1Sc1ccc(F)cc1NC(=O)CC1CSCCN1. The van der Waals surface area contributed by atoms with Crippen LogP contribution in [-0.4, -0.2) is 39.6 Å². The van der Waals surface area contributed by atoms with E-state index >= 15 is 0 Å². The van der Waals surface area contributed by atoms with Crippen molar-refractivity contribution in [2.24, 2.45) is 7.05 Å². The van der Waals surface area contributed by atoms with E-state index in [0.717, 1.165) is 28.1 Å². The van der Waals surface area contributed by atoms with Crippen molar-refractivity contribution < 1.29 is 9.18 Å². The first-order valence-corrected chi connectivity index (χ1v) is 9.64. The van der Waals surface area contributed by atoms with Crippen molar-refractivity contribution >= 4 is 47.5 Å². The summed E-state index contributed by atoms with van der Waals surface area (Å²) in [7, 11) is 1.89. The molecule has 1 aromatic carbocycles. The van der Waals surface area contributed by atoms with E-state index in [1.165, 1.54) is 23.9 Å². The van der Waals surface area contributed by atoms with Crippen LogP contribution in [0.2, 0.25) is 0 Å². The fourth-order valence-corrected chi connectivity index (χ4v) is 4.23. The molecule has 1 unspecified atom stereocenters. The van der Waals surface area contributed by atoms with Gasteiger partial charge in [0.15, 0.2) is 5.16 Å². The molecular formula is C16H20ClFN4OS2. The number of benzene rings is 1. The number of carbonyl (C=O) groups excluding carboxylic acids is 1. The molecule has 0 aliphatic carbocycles. The summed E-state index contributed by atoms with van der Waals surface area (Å²) < 4.78 is 15.5. The molecule has 136 valence electrons. The second-order valence-corrected chi connectivity index (χ2v) is 7.70. The molecule has 1 atom stereocenters. The molecule has 1 aliphatic heterocycles. The predicted octanol–water partition coefficient (Wildman–Crippen LogP) is 3.17. The molecule has 1 aromatic heterocycles. The second-order valence-electron chi connectivity index (χ2n) is 5.54. The van der Waals surface area contributed by atoms with Crippen molar-refractivity contribution in [1.29, 1.82) is 0 Å². The number of nitrogens with zero attached hydrogens (tertiary/aromatic N) is 2. The third-order valence-corrected chi connectivity index (χ3v) is 5.91. The van der Waals surface area contributed by atoms with Crippen LogP contribution < -0.4 is 10.6 Å². The van der Waals surface area contributed by atoms with Crippen LogP contribution in [-0.2, 0) is 11.8 Å². The Bertz CT molecular complexity index is 722. The van der Waals surface area contributed by atoms with Gasteiger partial charge in [0.25, 0.3) is 0 Å². The number of hydrogen-bond donors (Lipinski definition) is 2. The van der Waals surface area contributed by atoms with Crippen LogP contribution in [0.1, 0.15) is 6.42 Å². The minimum absolute atomic E-state index is 0. The lowest BCUT2D eigenvalue weighted by Gasteiger charge is -2.22.